The lowest BCUT2D eigenvalue weighted by molar-refractivity contribution is 0.0493. The first-order chi connectivity index (χ1) is 6.26. The second-order valence-corrected chi connectivity index (χ2v) is 2.96. The molecule has 13 heavy (non-hydrogen) atoms. The van der Waals surface area contributed by atoms with Gasteiger partial charge in [0.05, 0.1) is 6.10 Å². The van der Waals surface area contributed by atoms with Crippen molar-refractivity contribution in [3.63, 3.8) is 0 Å². The zero-order valence-corrected chi connectivity index (χ0v) is 9.18. The molecule has 0 aliphatic heterocycles. The molecule has 0 rings (SSSR count). The predicted molar refractivity (Wildman–Crippen MR) is 56.6 cm³/mol. The monoisotopic (exact) mass is 183 g/mol. The van der Waals surface area contributed by atoms with Gasteiger partial charge in [0.2, 0.25) is 0 Å². The number of hydrogen-bond donors (Lipinski definition) is 1. The van der Waals surface area contributed by atoms with Crippen molar-refractivity contribution in [3.8, 4) is 11.8 Å². The normalized spacial score (nSPS) is 14.5. The zero-order chi connectivity index (χ0) is 10.1. The van der Waals surface area contributed by atoms with Crippen LogP contribution in [0.4, 0.5) is 0 Å². The molecule has 0 aromatic carbocycles. The average Bonchev–Trinajstić information content (AvgIpc) is 2.12. The van der Waals surface area contributed by atoms with Crippen LogP contribution in [0, 0.1) is 11.8 Å². The Morgan fingerprint density at radius 2 is 2.08 bits per heavy atom. The summed E-state index contributed by atoms with van der Waals surface area (Å²) in [5.41, 5.74) is 0. The van der Waals surface area contributed by atoms with Crippen LogP contribution in [0.5, 0.6) is 0 Å². The van der Waals surface area contributed by atoms with E-state index in [2.05, 4.69) is 31.0 Å². The van der Waals surface area contributed by atoms with Crippen molar-refractivity contribution in [1.82, 2.24) is 5.32 Å². The van der Waals surface area contributed by atoms with Gasteiger partial charge >= 0.3 is 0 Å². The quantitative estimate of drug-likeness (QED) is 0.634. The fraction of sp³-hybridized carbons (Fsp3) is 0.818. The third-order valence-electron chi connectivity index (χ3n) is 1.96. The first kappa shape index (κ1) is 12.5. The molecule has 2 heteroatoms. The molecule has 0 radical (unpaired) electrons. The second kappa shape index (κ2) is 8.10. The second-order valence-electron chi connectivity index (χ2n) is 2.96. The molecule has 0 aromatic heterocycles. The van der Waals surface area contributed by atoms with Crippen molar-refractivity contribution in [3.05, 3.63) is 0 Å². The molecule has 0 bridgehead atoms. The van der Waals surface area contributed by atoms with Crippen LogP contribution in [0.15, 0.2) is 0 Å². The molecule has 1 N–H and O–H groups in total. The minimum atomic E-state index is 0.241. The van der Waals surface area contributed by atoms with Crippen molar-refractivity contribution < 1.29 is 4.74 Å². The Balaban J connectivity index is 3.94. The molecule has 0 saturated heterocycles. The maximum Gasteiger partial charge on any atom is 0.0709 e. The summed E-state index contributed by atoms with van der Waals surface area (Å²) >= 11 is 0. The van der Waals surface area contributed by atoms with Gasteiger partial charge in [0.25, 0.3) is 0 Å². The van der Waals surface area contributed by atoms with E-state index >= 15 is 0 Å². The van der Waals surface area contributed by atoms with Crippen LogP contribution in [0.3, 0.4) is 0 Å². The molecule has 76 valence electrons. The van der Waals surface area contributed by atoms with Crippen molar-refractivity contribution >= 4 is 0 Å². The van der Waals surface area contributed by atoms with E-state index in [1.54, 1.807) is 0 Å². The van der Waals surface area contributed by atoms with E-state index in [9.17, 15) is 0 Å². The van der Waals surface area contributed by atoms with Gasteiger partial charge in [-0.1, -0.05) is 6.92 Å². The van der Waals surface area contributed by atoms with E-state index in [0.29, 0.717) is 6.04 Å². The first-order valence-corrected chi connectivity index (χ1v) is 5.00. The van der Waals surface area contributed by atoms with E-state index in [0.717, 1.165) is 19.6 Å². The predicted octanol–water partition coefficient (Wildman–Crippen LogP) is 1.80. The molecule has 0 fully saturated rings. The number of likely N-dealkylation sites (N-methyl/N-ethyl adjacent to an activating group) is 1. The maximum absolute atomic E-state index is 5.52. The first-order valence-electron chi connectivity index (χ1n) is 5.00. The lowest BCUT2D eigenvalue weighted by Crippen LogP contribution is -2.39. The summed E-state index contributed by atoms with van der Waals surface area (Å²) < 4.78 is 5.52. The SMILES string of the molecule is CC#CCC(NCC)C(C)OCC. The Morgan fingerprint density at radius 3 is 2.54 bits per heavy atom. The van der Waals surface area contributed by atoms with E-state index in [-0.39, 0.29) is 6.10 Å². The summed E-state index contributed by atoms with van der Waals surface area (Å²) in [5.74, 6) is 5.99. The van der Waals surface area contributed by atoms with E-state index in [1.165, 1.54) is 0 Å². The Hall–Kier alpha value is -0.520. The smallest absolute Gasteiger partial charge is 0.0709 e. The fourth-order valence-electron chi connectivity index (χ4n) is 1.26. The van der Waals surface area contributed by atoms with Crippen molar-refractivity contribution in [2.75, 3.05) is 13.2 Å². The van der Waals surface area contributed by atoms with Crippen LogP contribution in [0.2, 0.25) is 0 Å². The van der Waals surface area contributed by atoms with Gasteiger partial charge in [-0.05, 0) is 27.3 Å². The summed E-state index contributed by atoms with van der Waals surface area (Å²) in [5, 5.41) is 3.37. The van der Waals surface area contributed by atoms with Crippen LogP contribution < -0.4 is 5.32 Å². The number of hydrogen-bond acceptors (Lipinski definition) is 2. The average molecular weight is 183 g/mol. The van der Waals surface area contributed by atoms with Crippen LogP contribution in [0.25, 0.3) is 0 Å². The van der Waals surface area contributed by atoms with Gasteiger partial charge in [0.1, 0.15) is 0 Å². The van der Waals surface area contributed by atoms with Crippen molar-refractivity contribution in [1.29, 1.82) is 0 Å². The molecule has 0 spiro atoms. The van der Waals surface area contributed by atoms with Gasteiger partial charge < -0.3 is 10.1 Å². The minimum absolute atomic E-state index is 0.241. The number of nitrogens with one attached hydrogen (secondary N) is 1. The largest absolute Gasteiger partial charge is 0.377 e. The fourth-order valence-corrected chi connectivity index (χ4v) is 1.26. The van der Waals surface area contributed by atoms with Crippen LogP contribution in [0.1, 0.15) is 34.1 Å². The van der Waals surface area contributed by atoms with E-state index in [1.807, 2.05) is 13.8 Å². The third kappa shape index (κ3) is 5.68. The highest BCUT2D eigenvalue weighted by Gasteiger charge is 2.14. The van der Waals surface area contributed by atoms with Gasteiger partial charge in [-0.2, -0.15) is 0 Å². The van der Waals surface area contributed by atoms with E-state index < -0.39 is 0 Å². The topological polar surface area (TPSA) is 21.3 Å². The van der Waals surface area contributed by atoms with Crippen molar-refractivity contribution in [2.45, 2.75) is 46.3 Å². The number of rotatable bonds is 6. The Morgan fingerprint density at radius 1 is 1.38 bits per heavy atom. The van der Waals surface area contributed by atoms with Crippen LogP contribution in [-0.4, -0.2) is 25.3 Å². The molecule has 2 atom stereocenters. The molecule has 0 aromatic rings. The van der Waals surface area contributed by atoms with Gasteiger partial charge in [-0.15, -0.1) is 11.8 Å². The molecule has 2 unspecified atom stereocenters. The summed E-state index contributed by atoms with van der Waals surface area (Å²) in [7, 11) is 0. The van der Waals surface area contributed by atoms with Crippen LogP contribution >= 0.6 is 0 Å². The summed E-state index contributed by atoms with van der Waals surface area (Å²) in [4.78, 5) is 0. The molecule has 2 nitrogen and oxygen atoms in total. The minimum Gasteiger partial charge on any atom is -0.377 e. The lowest BCUT2D eigenvalue weighted by atomic mass is 10.1. The Bertz CT molecular complexity index is 169. The molecule has 0 aliphatic carbocycles. The summed E-state index contributed by atoms with van der Waals surface area (Å²) in [6.07, 6.45) is 1.11. The third-order valence-corrected chi connectivity index (χ3v) is 1.96. The van der Waals surface area contributed by atoms with Gasteiger partial charge in [-0.25, -0.2) is 0 Å². The molecule has 0 heterocycles. The van der Waals surface area contributed by atoms with Gasteiger partial charge in [-0.3, -0.25) is 0 Å². The standard InChI is InChI=1S/C11H21NO/c1-5-8-9-11(12-6-2)10(4)13-7-3/h10-12H,6-7,9H2,1-4H3. The maximum atomic E-state index is 5.52. The zero-order valence-electron chi connectivity index (χ0n) is 9.18. The highest BCUT2D eigenvalue weighted by atomic mass is 16.5. The molecular weight excluding hydrogens is 162 g/mol. The molecule has 0 amide bonds. The molecule has 0 aliphatic rings. The van der Waals surface area contributed by atoms with Gasteiger partial charge in [0, 0.05) is 19.1 Å². The number of ether oxygens (including phenoxy) is 1. The molecule has 0 saturated carbocycles. The van der Waals surface area contributed by atoms with E-state index in [4.69, 9.17) is 4.74 Å². The van der Waals surface area contributed by atoms with Crippen LogP contribution in [-0.2, 0) is 4.74 Å². The lowest BCUT2D eigenvalue weighted by Gasteiger charge is -2.22. The summed E-state index contributed by atoms with van der Waals surface area (Å²) in [6, 6.07) is 0.359. The Kier molecular flexibility index (Phi) is 7.77. The molecular formula is C11H21NO. The highest BCUT2D eigenvalue weighted by Crippen LogP contribution is 2.02. The Labute approximate surface area is 82.1 Å². The highest BCUT2D eigenvalue weighted by molar-refractivity contribution is 4.99. The summed E-state index contributed by atoms with van der Waals surface area (Å²) in [6.45, 7) is 9.81. The van der Waals surface area contributed by atoms with Gasteiger partial charge in [0.15, 0.2) is 0 Å². The van der Waals surface area contributed by atoms with Crippen molar-refractivity contribution in [2.24, 2.45) is 0 Å².